The summed E-state index contributed by atoms with van der Waals surface area (Å²) in [6.45, 7) is 3.15. The lowest BCUT2D eigenvalue weighted by atomic mass is 9.89. The second kappa shape index (κ2) is 7.36. The van der Waals surface area contributed by atoms with Crippen LogP contribution in [0.4, 0.5) is 0 Å². The Kier molecular flexibility index (Phi) is 4.97. The van der Waals surface area contributed by atoms with Crippen molar-refractivity contribution in [1.82, 2.24) is 10.2 Å². The van der Waals surface area contributed by atoms with Crippen LogP contribution in [-0.4, -0.2) is 54.2 Å². The summed E-state index contributed by atoms with van der Waals surface area (Å²) in [5, 5.41) is 11.4. The molecular weight excluding hydrogens is 404 g/mol. The quantitative estimate of drug-likeness (QED) is 0.705. The fourth-order valence-electron chi connectivity index (χ4n) is 4.32. The third-order valence-corrected chi connectivity index (χ3v) is 8.01. The Balaban J connectivity index is 1.62. The van der Waals surface area contributed by atoms with Crippen molar-refractivity contribution >= 4 is 28.6 Å². The SMILES string of the molecule is CC1(C)[C@@H](C(=O)O)N2C(=O)[C@@H](NC(=O)C(c3ccccc3)c3ccccc3)[C@@H]2[S@@]1=O. The number of β-lactam (4-membered cyclic amide) rings is 1. The number of aliphatic carboxylic acids is 1. The Morgan fingerprint density at radius 2 is 1.53 bits per heavy atom. The Morgan fingerprint density at radius 1 is 1.03 bits per heavy atom. The number of hydrogen-bond acceptors (Lipinski definition) is 4. The van der Waals surface area contributed by atoms with Crippen LogP contribution >= 0.6 is 0 Å². The largest absolute Gasteiger partial charge is 0.480 e. The summed E-state index contributed by atoms with van der Waals surface area (Å²) in [7, 11) is -1.63. The van der Waals surface area contributed by atoms with Gasteiger partial charge >= 0.3 is 5.97 Å². The molecule has 0 aliphatic carbocycles. The van der Waals surface area contributed by atoms with Gasteiger partial charge in [0.05, 0.1) is 21.5 Å². The van der Waals surface area contributed by atoms with Crippen molar-refractivity contribution in [3.8, 4) is 0 Å². The van der Waals surface area contributed by atoms with E-state index in [-0.39, 0.29) is 5.91 Å². The lowest BCUT2D eigenvalue weighted by Gasteiger charge is -2.43. The van der Waals surface area contributed by atoms with E-state index in [1.165, 1.54) is 0 Å². The molecule has 30 heavy (non-hydrogen) atoms. The van der Waals surface area contributed by atoms with Crippen LogP contribution in [0.2, 0.25) is 0 Å². The summed E-state index contributed by atoms with van der Waals surface area (Å²) >= 11 is 0. The topological polar surface area (TPSA) is 104 Å². The summed E-state index contributed by atoms with van der Waals surface area (Å²) in [6.07, 6.45) is 0. The van der Waals surface area contributed by atoms with E-state index in [0.717, 1.165) is 16.0 Å². The molecule has 2 amide bonds. The zero-order chi connectivity index (χ0) is 21.6. The van der Waals surface area contributed by atoms with Crippen molar-refractivity contribution in [2.24, 2.45) is 0 Å². The highest BCUT2D eigenvalue weighted by Gasteiger charge is 2.68. The van der Waals surface area contributed by atoms with E-state index in [4.69, 9.17) is 0 Å². The highest BCUT2D eigenvalue weighted by Crippen LogP contribution is 2.43. The van der Waals surface area contributed by atoms with Crippen molar-refractivity contribution in [2.45, 2.75) is 42.0 Å². The van der Waals surface area contributed by atoms with E-state index in [1.54, 1.807) is 13.8 Å². The second-order valence-electron chi connectivity index (χ2n) is 8.02. The number of benzene rings is 2. The van der Waals surface area contributed by atoms with Gasteiger partial charge in [-0.15, -0.1) is 0 Å². The highest BCUT2D eigenvalue weighted by atomic mass is 32.2. The van der Waals surface area contributed by atoms with Gasteiger partial charge in [0.1, 0.15) is 17.5 Å². The summed E-state index contributed by atoms with van der Waals surface area (Å²) in [5.41, 5.74) is 1.53. The first-order chi connectivity index (χ1) is 14.2. The van der Waals surface area contributed by atoms with E-state index in [1.807, 2.05) is 60.7 Å². The van der Waals surface area contributed by atoms with Crippen LogP contribution in [0, 0.1) is 0 Å². The van der Waals surface area contributed by atoms with Crippen molar-refractivity contribution in [3.05, 3.63) is 71.8 Å². The molecule has 8 heteroatoms. The summed E-state index contributed by atoms with van der Waals surface area (Å²) < 4.78 is 11.8. The molecular formula is C22H22N2O5S. The Morgan fingerprint density at radius 3 is 2.00 bits per heavy atom. The number of nitrogens with zero attached hydrogens (tertiary/aromatic N) is 1. The van der Waals surface area contributed by atoms with Crippen LogP contribution in [0.5, 0.6) is 0 Å². The molecule has 0 bridgehead atoms. The molecule has 2 aromatic carbocycles. The zero-order valence-corrected chi connectivity index (χ0v) is 17.3. The monoisotopic (exact) mass is 426 g/mol. The number of carbonyl (C=O) groups is 3. The number of amides is 2. The van der Waals surface area contributed by atoms with Gasteiger partial charge in [-0.05, 0) is 25.0 Å². The van der Waals surface area contributed by atoms with Crippen molar-refractivity contribution < 1.29 is 23.7 Å². The number of fused-ring (bicyclic) bond motifs is 1. The minimum absolute atomic E-state index is 0.390. The molecule has 2 heterocycles. The summed E-state index contributed by atoms with van der Waals surface area (Å²) in [6, 6.07) is 16.2. The minimum Gasteiger partial charge on any atom is -0.480 e. The first kappa shape index (κ1) is 20.3. The third-order valence-electron chi connectivity index (χ3n) is 5.81. The average molecular weight is 426 g/mol. The summed E-state index contributed by atoms with van der Waals surface area (Å²) in [5.74, 6) is -2.74. The van der Waals surface area contributed by atoms with Gasteiger partial charge in [0, 0.05) is 0 Å². The zero-order valence-electron chi connectivity index (χ0n) is 16.5. The van der Waals surface area contributed by atoms with Gasteiger partial charge in [-0.1, -0.05) is 60.7 Å². The molecule has 0 saturated carbocycles. The maximum absolute atomic E-state index is 13.3. The predicted octanol–water partition coefficient (Wildman–Crippen LogP) is 1.47. The van der Waals surface area contributed by atoms with Gasteiger partial charge in [0.25, 0.3) is 0 Å². The molecule has 2 aliphatic rings. The molecule has 4 rings (SSSR count). The molecule has 2 fully saturated rings. The molecule has 156 valence electrons. The van der Waals surface area contributed by atoms with Gasteiger partial charge in [-0.3, -0.25) is 13.8 Å². The van der Waals surface area contributed by atoms with Crippen LogP contribution in [0.15, 0.2) is 60.7 Å². The Bertz CT molecular complexity index is 985. The Labute approximate surface area is 176 Å². The maximum atomic E-state index is 13.3. The normalized spacial score (nSPS) is 26.8. The molecule has 0 spiro atoms. The maximum Gasteiger partial charge on any atom is 0.328 e. The van der Waals surface area contributed by atoms with Crippen molar-refractivity contribution in [3.63, 3.8) is 0 Å². The molecule has 7 nitrogen and oxygen atoms in total. The van der Waals surface area contributed by atoms with Crippen LogP contribution in [0.25, 0.3) is 0 Å². The first-order valence-corrected chi connectivity index (χ1v) is 10.8. The summed E-state index contributed by atoms with van der Waals surface area (Å²) in [4.78, 5) is 38.8. The number of carbonyl (C=O) groups excluding carboxylic acids is 2. The lowest BCUT2D eigenvalue weighted by molar-refractivity contribution is -0.161. The fraction of sp³-hybridized carbons (Fsp3) is 0.318. The molecule has 2 N–H and O–H groups in total. The van der Waals surface area contributed by atoms with Crippen LogP contribution in [0.1, 0.15) is 30.9 Å². The Hall–Kier alpha value is -3.00. The number of hydrogen-bond donors (Lipinski definition) is 2. The van der Waals surface area contributed by atoms with Gasteiger partial charge in [-0.2, -0.15) is 0 Å². The lowest BCUT2D eigenvalue weighted by Crippen LogP contribution is -2.71. The van der Waals surface area contributed by atoms with Crippen LogP contribution in [0.3, 0.4) is 0 Å². The van der Waals surface area contributed by atoms with E-state index < -0.39 is 50.8 Å². The predicted molar refractivity (Wildman–Crippen MR) is 111 cm³/mol. The van der Waals surface area contributed by atoms with Crippen LogP contribution < -0.4 is 5.32 Å². The fourth-order valence-corrected chi connectivity index (χ4v) is 6.24. The van der Waals surface area contributed by atoms with Crippen molar-refractivity contribution in [2.75, 3.05) is 0 Å². The molecule has 2 saturated heterocycles. The minimum atomic E-state index is -1.63. The molecule has 0 aromatic heterocycles. The number of rotatable bonds is 5. The number of nitrogens with one attached hydrogen (secondary N) is 1. The van der Waals surface area contributed by atoms with Gasteiger partial charge < -0.3 is 15.3 Å². The van der Waals surface area contributed by atoms with Gasteiger partial charge in [-0.25, -0.2) is 4.79 Å². The number of carboxylic acids is 1. The van der Waals surface area contributed by atoms with Crippen LogP contribution in [-0.2, 0) is 25.2 Å². The second-order valence-corrected chi connectivity index (χ2v) is 10.1. The highest BCUT2D eigenvalue weighted by molar-refractivity contribution is 7.87. The molecule has 4 atom stereocenters. The molecule has 2 aliphatic heterocycles. The molecule has 2 aromatic rings. The van der Waals surface area contributed by atoms with E-state index in [2.05, 4.69) is 5.32 Å². The third kappa shape index (κ3) is 3.02. The smallest absolute Gasteiger partial charge is 0.328 e. The first-order valence-electron chi connectivity index (χ1n) is 9.61. The van der Waals surface area contributed by atoms with Crippen molar-refractivity contribution in [1.29, 1.82) is 0 Å². The average Bonchev–Trinajstić information content (AvgIpc) is 2.92. The standard InChI is InChI=1S/C22H22N2O5S/c1-22(2)17(21(27)28)24-19(26)16(20(24)30(22)29)23-18(25)15(13-9-5-3-6-10-13)14-11-7-4-8-12-14/h3-12,15-17,20H,1-2H3,(H,23,25)(H,27,28)/t16-,17-,20+,30+/m1/s1. The van der Waals surface area contributed by atoms with E-state index >= 15 is 0 Å². The molecule has 0 unspecified atom stereocenters. The van der Waals surface area contributed by atoms with Gasteiger partial charge in [0.2, 0.25) is 11.8 Å². The van der Waals surface area contributed by atoms with E-state index in [0.29, 0.717) is 0 Å². The van der Waals surface area contributed by atoms with Gasteiger partial charge in [0.15, 0.2) is 0 Å². The van der Waals surface area contributed by atoms with E-state index in [9.17, 15) is 23.7 Å². The number of carboxylic acid groups (broad SMARTS) is 1. The molecule has 0 radical (unpaired) electrons.